The van der Waals surface area contributed by atoms with E-state index in [1.807, 2.05) is 16.9 Å². The highest BCUT2D eigenvalue weighted by Crippen LogP contribution is 2.07. The normalized spacial score (nSPS) is 20.8. The number of morpholine rings is 1. The van der Waals surface area contributed by atoms with Gasteiger partial charge in [0.1, 0.15) is 6.10 Å². The maximum atomic E-state index is 11.9. The lowest BCUT2D eigenvalue weighted by Gasteiger charge is -2.22. The third-order valence-electron chi connectivity index (χ3n) is 2.83. The van der Waals surface area contributed by atoms with Crippen molar-refractivity contribution in [2.45, 2.75) is 32.4 Å². The van der Waals surface area contributed by atoms with Crippen molar-refractivity contribution in [2.75, 3.05) is 19.7 Å². The van der Waals surface area contributed by atoms with Crippen molar-refractivity contribution in [2.24, 2.45) is 0 Å². The monoisotopic (exact) mass is 237 g/mol. The van der Waals surface area contributed by atoms with Gasteiger partial charge in [0.2, 0.25) is 0 Å². The molecule has 5 nitrogen and oxygen atoms in total. The van der Waals surface area contributed by atoms with Gasteiger partial charge >= 0.3 is 0 Å². The number of carbonyl (C=O) groups is 1. The molecule has 0 spiro atoms. The third kappa shape index (κ3) is 3.14. The van der Waals surface area contributed by atoms with Crippen LogP contribution in [0.2, 0.25) is 0 Å². The maximum Gasteiger partial charge on any atom is 0.168 e. The molecule has 1 fully saturated rings. The number of rotatable bonds is 4. The summed E-state index contributed by atoms with van der Waals surface area (Å²) in [6.07, 6.45) is 1.95. The molecule has 0 radical (unpaired) electrons. The molecule has 0 aromatic carbocycles. The van der Waals surface area contributed by atoms with Crippen molar-refractivity contribution in [3.63, 3.8) is 0 Å². The number of carbonyl (C=O) groups excluding carboxylic acids is 1. The number of nitrogens with zero attached hydrogens (tertiary/aromatic N) is 2. The summed E-state index contributed by atoms with van der Waals surface area (Å²) in [5.74, 6) is 0.103. The smallest absolute Gasteiger partial charge is 0.168 e. The Kier molecular flexibility index (Phi) is 3.91. The quantitative estimate of drug-likeness (QED) is 0.831. The molecule has 1 aromatic heterocycles. The average molecular weight is 237 g/mol. The van der Waals surface area contributed by atoms with Crippen LogP contribution in [0.3, 0.4) is 0 Å². The molecule has 0 saturated carbocycles. The van der Waals surface area contributed by atoms with E-state index in [1.54, 1.807) is 0 Å². The van der Waals surface area contributed by atoms with Gasteiger partial charge in [-0.15, -0.1) is 0 Å². The van der Waals surface area contributed by atoms with E-state index in [0.29, 0.717) is 25.6 Å². The van der Waals surface area contributed by atoms with Crippen LogP contribution < -0.4 is 5.32 Å². The van der Waals surface area contributed by atoms with Crippen molar-refractivity contribution >= 4 is 5.78 Å². The summed E-state index contributed by atoms with van der Waals surface area (Å²) < 4.78 is 7.28. The van der Waals surface area contributed by atoms with Crippen LogP contribution in [0.1, 0.15) is 25.6 Å². The summed E-state index contributed by atoms with van der Waals surface area (Å²) in [5.41, 5.74) is 0.817. The van der Waals surface area contributed by atoms with E-state index in [4.69, 9.17) is 4.74 Å². The topological polar surface area (TPSA) is 56.2 Å². The Morgan fingerprint density at radius 2 is 2.53 bits per heavy atom. The van der Waals surface area contributed by atoms with Gasteiger partial charge in [0, 0.05) is 25.3 Å². The van der Waals surface area contributed by atoms with Crippen molar-refractivity contribution < 1.29 is 9.53 Å². The maximum absolute atomic E-state index is 11.9. The minimum atomic E-state index is -0.312. The van der Waals surface area contributed by atoms with Gasteiger partial charge in [-0.1, -0.05) is 0 Å². The Balaban J connectivity index is 1.92. The minimum absolute atomic E-state index is 0.103. The lowest BCUT2D eigenvalue weighted by molar-refractivity contribution is -0.131. The second kappa shape index (κ2) is 5.42. The zero-order valence-electron chi connectivity index (χ0n) is 10.3. The summed E-state index contributed by atoms with van der Waals surface area (Å²) in [6, 6.07) is 2.22. The Morgan fingerprint density at radius 1 is 1.71 bits per heavy atom. The molecule has 1 N–H and O–H groups in total. The van der Waals surface area contributed by atoms with E-state index in [2.05, 4.69) is 24.3 Å². The molecule has 1 aromatic rings. The van der Waals surface area contributed by atoms with Gasteiger partial charge in [0.15, 0.2) is 5.78 Å². The summed E-state index contributed by atoms with van der Waals surface area (Å²) in [6.45, 7) is 6.17. The van der Waals surface area contributed by atoms with E-state index in [1.165, 1.54) is 0 Å². The molecule has 5 heteroatoms. The lowest BCUT2D eigenvalue weighted by Crippen LogP contribution is -2.43. The summed E-state index contributed by atoms with van der Waals surface area (Å²) in [5, 5.41) is 7.52. The molecule has 0 bridgehead atoms. The predicted octanol–water partition coefficient (Wildman–Crippen LogP) is 0.564. The van der Waals surface area contributed by atoms with Crippen molar-refractivity contribution in [3.05, 3.63) is 18.0 Å². The first-order valence-corrected chi connectivity index (χ1v) is 6.06. The molecule has 2 heterocycles. The fraction of sp³-hybridized carbons (Fsp3) is 0.667. The van der Waals surface area contributed by atoms with Crippen LogP contribution in [0.4, 0.5) is 0 Å². The first-order chi connectivity index (χ1) is 8.16. The van der Waals surface area contributed by atoms with E-state index in [-0.39, 0.29) is 11.9 Å². The number of Topliss-reactive ketones (excluding diaryl/α,β-unsaturated/α-hetero) is 1. The number of ether oxygens (including phenoxy) is 1. The van der Waals surface area contributed by atoms with Gasteiger partial charge in [-0.05, 0) is 19.9 Å². The van der Waals surface area contributed by atoms with Crippen molar-refractivity contribution in [3.8, 4) is 0 Å². The number of aromatic nitrogens is 2. The van der Waals surface area contributed by atoms with Gasteiger partial charge in [-0.2, -0.15) is 5.10 Å². The largest absolute Gasteiger partial charge is 0.368 e. The average Bonchev–Trinajstić information content (AvgIpc) is 2.79. The minimum Gasteiger partial charge on any atom is -0.368 e. The molecule has 2 rings (SSSR count). The molecule has 1 unspecified atom stereocenters. The molecule has 1 saturated heterocycles. The van der Waals surface area contributed by atoms with Crippen LogP contribution in [-0.4, -0.2) is 41.4 Å². The van der Waals surface area contributed by atoms with Gasteiger partial charge in [0.25, 0.3) is 0 Å². The Hall–Kier alpha value is -1.20. The molecule has 1 aliphatic rings. The summed E-state index contributed by atoms with van der Waals surface area (Å²) in [4.78, 5) is 11.9. The number of hydrogen-bond acceptors (Lipinski definition) is 4. The highest BCUT2D eigenvalue weighted by molar-refractivity contribution is 5.85. The van der Waals surface area contributed by atoms with E-state index < -0.39 is 0 Å². The van der Waals surface area contributed by atoms with Gasteiger partial charge in [0.05, 0.1) is 18.7 Å². The van der Waals surface area contributed by atoms with Gasteiger partial charge in [-0.3, -0.25) is 9.48 Å². The van der Waals surface area contributed by atoms with Gasteiger partial charge in [-0.25, -0.2) is 0 Å². The number of nitrogens with one attached hydrogen (secondary N) is 1. The van der Waals surface area contributed by atoms with Crippen molar-refractivity contribution in [1.29, 1.82) is 0 Å². The Labute approximate surface area is 101 Å². The molecular formula is C12H19N3O2. The summed E-state index contributed by atoms with van der Waals surface area (Å²) >= 11 is 0. The van der Waals surface area contributed by atoms with Crippen LogP contribution in [-0.2, 0) is 16.0 Å². The number of hydrogen-bond donors (Lipinski definition) is 1. The van der Waals surface area contributed by atoms with E-state index >= 15 is 0 Å². The van der Waals surface area contributed by atoms with Crippen LogP contribution in [0.25, 0.3) is 0 Å². The molecule has 0 aliphatic carbocycles. The Bertz CT molecular complexity index is 381. The van der Waals surface area contributed by atoms with Crippen molar-refractivity contribution in [1.82, 2.24) is 15.1 Å². The van der Waals surface area contributed by atoms with Crippen LogP contribution in [0.5, 0.6) is 0 Å². The number of ketones is 1. The zero-order valence-corrected chi connectivity index (χ0v) is 10.3. The first kappa shape index (κ1) is 12.3. The van der Waals surface area contributed by atoms with Crippen LogP contribution in [0, 0.1) is 0 Å². The van der Waals surface area contributed by atoms with E-state index in [0.717, 1.165) is 12.2 Å². The Morgan fingerprint density at radius 3 is 3.12 bits per heavy atom. The van der Waals surface area contributed by atoms with Crippen LogP contribution >= 0.6 is 0 Å². The molecule has 17 heavy (non-hydrogen) atoms. The standard InChI is InChI=1S/C12H19N3O2/c1-9(2)15-5-3-10(14-15)7-11(16)12-8-13-4-6-17-12/h3,5,9,12-13H,4,6-8H2,1-2H3. The fourth-order valence-electron chi connectivity index (χ4n) is 1.82. The summed E-state index contributed by atoms with van der Waals surface area (Å²) in [7, 11) is 0. The van der Waals surface area contributed by atoms with E-state index in [9.17, 15) is 4.79 Å². The first-order valence-electron chi connectivity index (χ1n) is 6.06. The molecular weight excluding hydrogens is 218 g/mol. The second-order valence-corrected chi connectivity index (χ2v) is 4.59. The van der Waals surface area contributed by atoms with Crippen LogP contribution in [0.15, 0.2) is 12.3 Å². The zero-order chi connectivity index (χ0) is 12.3. The highest BCUT2D eigenvalue weighted by atomic mass is 16.5. The highest BCUT2D eigenvalue weighted by Gasteiger charge is 2.22. The predicted molar refractivity (Wildman–Crippen MR) is 63.9 cm³/mol. The fourth-order valence-corrected chi connectivity index (χ4v) is 1.82. The lowest BCUT2D eigenvalue weighted by atomic mass is 10.1. The SMILES string of the molecule is CC(C)n1ccc(CC(=O)C2CNCCO2)n1. The molecule has 1 atom stereocenters. The van der Waals surface area contributed by atoms with Gasteiger partial charge < -0.3 is 10.1 Å². The molecule has 94 valence electrons. The second-order valence-electron chi connectivity index (χ2n) is 4.59. The third-order valence-corrected chi connectivity index (χ3v) is 2.83. The molecule has 0 amide bonds. The molecule has 1 aliphatic heterocycles.